The molecule has 154 valence electrons. The van der Waals surface area contributed by atoms with E-state index in [2.05, 4.69) is 19.9 Å². The van der Waals surface area contributed by atoms with Gasteiger partial charge in [0, 0.05) is 36.3 Å². The summed E-state index contributed by atoms with van der Waals surface area (Å²) in [6.07, 6.45) is 8.94. The third-order valence-electron chi connectivity index (χ3n) is 5.81. The SMILES string of the molecule is Nc1nccc(Sc2cnc(N3CCC4(CCCCN4C(=O)O)CC3)cn2)c1Cl. The zero-order chi connectivity index (χ0) is 20.4. The third kappa shape index (κ3) is 4.06. The second-order valence-electron chi connectivity index (χ2n) is 7.43. The number of likely N-dealkylation sites (tertiary alicyclic amines) is 1. The van der Waals surface area contributed by atoms with Crippen molar-refractivity contribution >= 4 is 41.1 Å². The van der Waals surface area contributed by atoms with Crippen molar-refractivity contribution in [3.05, 3.63) is 29.7 Å². The molecule has 8 nitrogen and oxygen atoms in total. The number of rotatable bonds is 3. The molecule has 2 aromatic rings. The van der Waals surface area contributed by atoms with Crippen LogP contribution in [0.3, 0.4) is 0 Å². The first kappa shape index (κ1) is 20.0. The minimum Gasteiger partial charge on any atom is -0.465 e. The fraction of sp³-hybridized carbons (Fsp3) is 0.474. The van der Waals surface area contributed by atoms with Crippen LogP contribution in [-0.2, 0) is 0 Å². The van der Waals surface area contributed by atoms with Crippen molar-refractivity contribution in [2.24, 2.45) is 0 Å². The number of nitrogens with two attached hydrogens (primary N) is 1. The molecule has 1 spiro atoms. The van der Waals surface area contributed by atoms with E-state index in [1.54, 1.807) is 29.6 Å². The summed E-state index contributed by atoms with van der Waals surface area (Å²) in [6.45, 7) is 2.19. The Balaban J connectivity index is 1.41. The molecule has 2 saturated heterocycles. The minimum atomic E-state index is -0.797. The Hall–Kier alpha value is -2.26. The van der Waals surface area contributed by atoms with Crippen LogP contribution in [0.2, 0.25) is 5.02 Å². The van der Waals surface area contributed by atoms with Crippen LogP contribution in [0.25, 0.3) is 0 Å². The van der Waals surface area contributed by atoms with Crippen LogP contribution in [0.15, 0.2) is 34.6 Å². The van der Waals surface area contributed by atoms with Crippen LogP contribution >= 0.6 is 23.4 Å². The highest BCUT2D eigenvalue weighted by molar-refractivity contribution is 7.99. The maximum atomic E-state index is 11.7. The summed E-state index contributed by atoms with van der Waals surface area (Å²) in [7, 11) is 0. The lowest BCUT2D eigenvalue weighted by molar-refractivity contribution is 0.0309. The molecule has 0 saturated carbocycles. The Morgan fingerprint density at radius 1 is 1.14 bits per heavy atom. The maximum Gasteiger partial charge on any atom is 0.407 e. The Morgan fingerprint density at radius 2 is 1.93 bits per heavy atom. The van der Waals surface area contributed by atoms with Gasteiger partial charge in [0.2, 0.25) is 0 Å². The van der Waals surface area contributed by atoms with Gasteiger partial charge < -0.3 is 20.6 Å². The number of carboxylic acid groups (broad SMARTS) is 1. The second kappa shape index (κ2) is 8.23. The summed E-state index contributed by atoms with van der Waals surface area (Å²) in [6, 6.07) is 1.79. The number of amides is 1. The van der Waals surface area contributed by atoms with Gasteiger partial charge in [0.05, 0.1) is 17.4 Å². The molecule has 0 unspecified atom stereocenters. The smallest absolute Gasteiger partial charge is 0.407 e. The van der Waals surface area contributed by atoms with Crippen molar-refractivity contribution in [3.8, 4) is 0 Å². The summed E-state index contributed by atoms with van der Waals surface area (Å²) < 4.78 is 0. The molecule has 2 aromatic heterocycles. The van der Waals surface area contributed by atoms with Gasteiger partial charge in [0.1, 0.15) is 16.7 Å². The number of anilines is 2. The van der Waals surface area contributed by atoms with E-state index in [0.29, 0.717) is 17.4 Å². The van der Waals surface area contributed by atoms with E-state index in [4.69, 9.17) is 17.3 Å². The number of nitrogens with zero attached hydrogens (tertiary/aromatic N) is 5. The molecule has 4 rings (SSSR count). The zero-order valence-corrected chi connectivity index (χ0v) is 17.5. The van der Waals surface area contributed by atoms with E-state index >= 15 is 0 Å². The summed E-state index contributed by atoms with van der Waals surface area (Å²) >= 11 is 7.58. The summed E-state index contributed by atoms with van der Waals surface area (Å²) in [4.78, 5) is 29.3. The monoisotopic (exact) mass is 434 g/mol. The van der Waals surface area contributed by atoms with Gasteiger partial charge in [-0.2, -0.15) is 0 Å². The second-order valence-corrected chi connectivity index (χ2v) is 8.87. The first-order chi connectivity index (χ1) is 14.0. The lowest BCUT2D eigenvalue weighted by Gasteiger charge is -2.50. The van der Waals surface area contributed by atoms with Gasteiger partial charge in [-0.25, -0.2) is 19.7 Å². The highest BCUT2D eigenvalue weighted by Gasteiger charge is 2.43. The van der Waals surface area contributed by atoms with E-state index in [1.165, 1.54) is 11.8 Å². The highest BCUT2D eigenvalue weighted by atomic mass is 35.5. The molecule has 3 N–H and O–H groups in total. The molecule has 0 aliphatic carbocycles. The van der Waals surface area contributed by atoms with Crippen LogP contribution in [0.5, 0.6) is 0 Å². The predicted molar refractivity (Wildman–Crippen MR) is 113 cm³/mol. The van der Waals surface area contributed by atoms with E-state index in [9.17, 15) is 9.90 Å². The molecule has 0 radical (unpaired) electrons. The molecule has 0 atom stereocenters. The number of hydrogen-bond donors (Lipinski definition) is 2. The molecule has 2 aliphatic rings. The molecular weight excluding hydrogens is 412 g/mol. The fourth-order valence-corrected chi connectivity index (χ4v) is 5.21. The molecule has 2 fully saturated rings. The van der Waals surface area contributed by atoms with Gasteiger partial charge in [-0.05, 0) is 38.2 Å². The van der Waals surface area contributed by atoms with E-state index in [1.807, 2.05) is 0 Å². The number of nitrogen functional groups attached to an aromatic ring is 1. The highest BCUT2D eigenvalue weighted by Crippen LogP contribution is 2.38. The third-order valence-corrected chi connectivity index (χ3v) is 7.29. The molecule has 2 aliphatic heterocycles. The lowest BCUT2D eigenvalue weighted by atomic mass is 9.79. The minimum absolute atomic E-state index is 0.220. The number of hydrogen-bond acceptors (Lipinski definition) is 7. The van der Waals surface area contributed by atoms with Crippen LogP contribution in [0.4, 0.5) is 16.4 Å². The fourth-order valence-electron chi connectivity index (χ4n) is 4.22. The molecule has 0 bridgehead atoms. The van der Waals surface area contributed by atoms with Gasteiger partial charge in [-0.1, -0.05) is 23.4 Å². The van der Waals surface area contributed by atoms with Gasteiger partial charge in [0.15, 0.2) is 0 Å². The van der Waals surface area contributed by atoms with Crippen LogP contribution in [0, 0.1) is 0 Å². The first-order valence-electron chi connectivity index (χ1n) is 9.64. The summed E-state index contributed by atoms with van der Waals surface area (Å²) in [5.41, 5.74) is 5.52. The molecule has 1 amide bonds. The van der Waals surface area contributed by atoms with Gasteiger partial charge in [-0.15, -0.1) is 0 Å². The van der Waals surface area contributed by atoms with Crippen LogP contribution in [0.1, 0.15) is 32.1 Å². The Bertz CT molecular complexity index is 889. The lowest BCUT2D eigenvalue weighted by Crippen LogP contribution is -2.59. The number of halogens is 1. The van der Waals surface area contributed by atoms with Gasteiger partial charge >= 0.3 is 6.09 Å². The normalized spacial score (nSPS) is 18.8. The molecule has 10 heteroatoms. The Morgan fingerprint density at radius 3 is 2.62 bits per heavy atom. The standard InChI is InChI=1S/C19H23ClN6O2S/c20-16-13(3-7-22-17(16)21)29-15-12-23-14(11-24-15)25-9-5-19(6-10-25)4-1-2-8-26(19)18(27)28/h3,7,11-12H,1-2,4-6,8-10H2,(H2,21,22)(H,27,28). The van der Waals surface area contributed by atoms with Crippen molar-refractivity contribution < 1.29 is 9.90 Å². The largest absolute Gasteiger partial charge is 0.465 e. The van der Waals surface area contributed by atoms with E-state index < -0.39 is 6.09 Å². The van der Waals surface area contributed by atoms with Crippen molar-refractivity contribution in [2.45, 2.75) is 47.6 Å². The van der Waals surface area contributed by atoms with Gasteiger partial charge in [-0.3, -0.25) is 0 Å². The van der Waals surface area contributed by atoms with E-state index in [-0.39, 0.29) is 5.54 Å². The van der Waals surface area contributed by atoms with E-state index in [0.717, 1.165) is 60.9 Å². The number of aromatic nitrogens is 3. The number of piperidine rings is 2. The molecular formula is C19H23ClN6O2S. The first-order valence-corrected chi connectivity index (χ1v) is 10.8. The van der Waals surface area contributed by atoms with Crippen LogP contribution < -0.4 is 10.6 Å². The summed E-state index contributed by atoms with van der Waals surface area (Å²) in [5.74, 6) is 1.10. The van der Waals surface area contributed by atoms with Gasteiger partial charge in [0.25, 0.3) is 0 Å². The predicted octanol–water partition coefficient (Wildman–Crippen LogP) is 3.76. The zero-order valence-electron chi connectivity index (χ0n) is 15.9. The topological polar surface area (TPSA) is 108 Å². The average molecular weight is 435 g/mol. The van der Waals surface area contributed by atoms with Crippen molar-refractivity contribution in [2.75, 3.05) is 30.3 Å². The average Bonchev–Trinajstić information content (AvgIpc) is 2.73. The number of pyridine rings is 1. The Labute approximate surface area is 178 Å². The molecule has 4 heterocycles. The van der Waals surface area contributed by atoms with Crippen LogP contribution in [-0.4, -0.2) is 56.2 Å². The maximum absolute atomic E-state index is 11.7. The van der Waals surface area contributed by atoms with Crippen molar-refractivity contribution in [1.82, 2.24) is 19.9 Å². The van der Waals surface area contributed by atoms with Crippen molar-refractivity contribution in [1.29, 1.82) is 0 Å². The molecule has 0 aromatic carbocycles. The van der Waals surface area contributed by atoms with Crippen molar-refractivity contribution in [3.63, 3.8) is 0 Å². The number of carbonyl (C=O) groups is 1. The Kier molecular flexibility index (Phi) is 5.69. The molecule has 29 heavy (non-hydrogen) atoms. The summed E-state index contributed by atoms with van der Waals surface area (Å²) in [5, 5.41) is 10.7. The quantitative estimate of drug-likeness (QED) is 0.751.